The van der Waals surface area contributed by atoms with Gasteiger partial charge in [-0.25, -0.2) is 9.37 Å². The van der Waals surface area contributed by atoms with Crippen LogP contribution in [-0.2, 0) is 6.54 Å². The van der Waals surface area contributed by atoms with Crippen LogP contribution in [-0.4, -0.2) is 9.38 Å². The van der Waals surface area contributed by atoms with E-state index in [-0.39, 0.29) is 5.82 Å². The van der Waals surface area contributed by atoms with Crippen LogP contribution in [0.3, 0.4) is 0 Å². The summed E-state index contributed by atoms with van der Waals surface area (Å²) in [6.45, 7) is 0.366. The van der Waals surface area contributed by atoms with Gasteiger partial charge in [-0.05, 0) is 12.1 Å². The van der Waals surface area contributed by atoms with Crippen molar-refractivity contribution in [2.75, 3.05) is 0 Å². The first-order chi connectivity index (χ1) is 5.81. The molecule has 0 atom stereocenters. The molecule has 2 aromatic heterocycles. The SMILES string of the molecule is NCc1cnc2ccc(F)cn12. The molecule has 2 rings (SSSR count). The van der Waals surface area contributed by atoms with E-state index in [0.717, 1.165) is 11.3 Å². The molecule has 4 heteroatoms. The number of fused-ring (bicyclic) bond motifs is 1. The molecule has 2 aromatic rings. The Morgan fingerprint density at radius 2 is 2.33 bits per heavy atom. The number of nitrogens with zero attached hydrogens (tertiary/aromatic N) is 2. The fourth-order valence-electron chi connectivity index (χ4n) is 1.16. The second-order valence-electron chi connectivity index (χ2n) is 2.53. The molecule has 0 amide bonds. The van der Waals surface area contributed by atoms with Gasteiger partial charge in [-0.3, -0.25) is 4.40 Å². The molecule has 12 heavy (non-hydrogen) atoms. The zero-order valence-corrected chi connectivity index (χ0v) is 6.37. The fraction of sp³-hybridized carbons (Fsp3) is 0.125. The van der Waals surface area contributed by atoms with Crippen LogP contribution in [0.25, 0.3) is 5.65 Å². The zero-order valence-electron chi connectivity index (χ0n) is 6.37. The first-order valence-corrected chi connectivity index (χ1v) is 3.63. The molecule has 0 bridgehead atoms. The third-order valence-electron chi connectivity index (χ3n) is 1.76. The molecule has 2 N–H and O–H groups in total. The molecule has 0 aliphatic heterocycles. The third kappa shape index (κ3) is 0.967. The van der Waals surface area contributed by atoms with E-state index in [1.165, 1.54) is 12.3 Å². The smallest absolute Gasteiger partial charge is 0.139 e. The summed E-state index contributed by atoms with van der Waals surface area (Å²) in [5.74, 6) is -0.282. The number of hydrogen-bond donors (Lipinski definition) is 1. The molecule has 3 nitrogen and oxygen atoms in total. The van der Waals surface area contributed by atoms with Crippen molar-refractivity contribution >= 4 is 5.65 Å². The Morgan fingerprint density at radius 1 is 1.50 bits per heavy atom. The van der Waals surface area contributed by atoms with Gasteiger partial charge in [0, 0.05) is 12.7 Å². The Kier molecular flexibility index (Phi) is 1.55. The Labute approximate surface area is 68.6 Å². The van der Waals surface area contributed by atoms with Crippen LogP contribution in [0, 0.1) is 5.82 Å². The summed E-state index contributed by atoms with van der Waals surface area (Å²) in [5.41, 5.74) is 6.96. The molecule has 62 valence electrons. The van der Waals surface area contributed by atoms with Crippen molar-refractivity contribution in [3.63, 3.8) is 0 Å². The molecule has 2 heterocycles. The second-order valence-corrected chi connectivity index (χ2v) is 2.53. The van der Waals surface area contributed by atoms with Crippen LogP contribution in [0.4, 0.5) is 4.39 Å². The summed E-state index contributed by atoms with van der Waals surface area (Å²) in [6, 6.07) is 3.00. The highest BCUT2D eigenvalue weighted by molar-refractivity contribution is 5.40. The van der Waals surface area contributed by atoms with Crippen molar-refractivity contribution in [2.45, 2.75) is 6.54 Å². The van der Waals surface area contributed by atoms with Crippen molar-refractivity contribution in [3.8, 4) is 0 Å². The lowest BCUT2D eigenvalue weighted by molar-refractivity contribution is 0.618. The minimum atomic E-state index is -0.282. The van der Waals surface area contributed by atoms with E-state index in [9.17, 15) is 4.39 Å². The van der Waals surface area contributed by atoms with Crippen LogP contribution in [0.15, 0.2) is 24.5 Å². The van der Waals surface area contributed by atoms with Gasteiger partial charge in [-0.1, -0.05) is 0 Å². The van der Waals surface area contributed by atoms with E-state index in [0.29, 0.717) is 6.54 Å². The van der Waals surface area contributed by atoms with E-state index in [2.05, 4.69) is 4.98 Å². The summed E-state index contributed by atoms with van der Waals surface area (Å²) in [5, 5.41) is 0. The highest BCUT2D eigenvalue weighted by atomic mass is 19.1. The molecular formula is C8H8FN3. The highest BCUT2D eigenvalue weighted by Gasteiger charge is 2.00. The summed E-state index contributed by atoms with van der Waals surface area (Å²) in [6.07, 6.45) is 3.03. The molecule has 0 saturated heterocycles. The lowest BCUT2D eigenvalue weighted by Gasteiger charge is -1.96. The summed E-state index contributed by atoms with van der Waals surface area (Å²) >= 11 is 0. The zero-order chi connectivity index (χ0) is 8.55. The maximum absolute atomic E-state index is 12.7. The van der Waals surface area contributed by atoms with Crippen LogP contribution >= 0.6 is 0 Å². The number of halogens is 1. The quantitative estimate of drug-likeness (QED) is 0.683. The summed E-state index contributed by atoms with van der Waals surface area (Å²) in [7, 11) is 0. The van der Waals surface area contributed by atoms with E-state index in [1.807, 2.05) is 0 Å². The second kappa shape index (κ2) is 2.57. The molecule has 0 spiro atoms. The van der Waals surface area contributed by atoms with E-state index in [4.69, 9.17) is 5.73 Å². The number of imidazole rings is 1. The van der Waals surface area contributed by atoms with Crippen LogP contribution in [0.2, 0.25) is 0 Å². The number of aromatic nitrogens is 2. The topological polar surface area (TPSA) is 43.3 Å². The number of hydrogen-bond acceptors (Lipinski definition) is 2. The van der Waals surface area contributed by atoms with Gasteiger partial charge in [0.05, 0.1) is 11.9 Å². The summed E-state index contributed by atoms with van der Waals surface area (Å²) < 4.78 is 14.4. The van der Waals surface area contributed by atoms with Gasteiger partial charge >= 0.3 is 0 Å². The Morgan fingerprint density at radius 3 is 3.08 bits per heavy atom. The minimum absolute atomic E-state index is 0.282. The minimum Gasteiger partial charge on any atom is -0.325 e. The normalized spacial score (nSPS) is 10.8. The maximum Gasteiger partial charge on any atom is 0.139 e. The van der Waals surface area contributed by atoms with E-state index >= 15 is 0 Å². The van der Waals surface area contributed by atoms with Gasteiger partial charge in [-0.2, -0.15) is 0 Å². The molecule has 0 aromatic carbocycles. The van der Waals surface area contributed by atoms with Crippen LogP contribution in [0.1, 0.15) is 5.69 Å². The van der Waals surface area contributed by atoms with Crippen molar-refractivity contribution in [1.29, 1.82) is 0 Å². The van der Waals surface area contributed by atoms with Crippen molar-refractivity contribution in [2.24, 2.45) is 5.73 Å². The van der Waals surface area contributed by atoms with E-state index in [1.54, 1.807) is 16.7 Å². The predicted molar refractivity (Wildman–Crippen MR) is 43.0 cm³/mol. The first-order valence-electron chi connectivity index (χ1n) is 3.63. The number of rotatable bonds is 1. The van der Waals surface area contributed by atoms with Gasteiger partial charge < -0.3 is 5.73 Å². The van der Waals surface area contributed by atoms with Gasteiger partial charge in [0.25, 0.3) is 0 Å². The number of pyridine rings is 1. The van der Waals surface area contributed by atoms with Crippen molar-refractivity contribution < 1.29 is 4.39 Å². The molecule has 0 unspecified atom stereocenters. The number of nitrogens with two attached hydrogens (primary N) is 1. The largest absolute Gasteiger partial charge is 0.325 e. The van der Waals surface area contributed by atoms with Gasteiger partial charge in [0.2, 0.25) is 0 Å². The Hall–Kier alpha value is -1.42. The molecule has 0 aliphatic rings. The lowest BCUT2D eigenvalue weighted by atomic mass is 10.4. The lowest BCUT2D eigenvalue weighted by Crippen LogP contribution is -2.00. The van der Waals surface area contributed by atoms with E-state index < -0.39 is 0 Å². The summed E-state index contributed by atoms with van der Waals surface area (Å²) in [4.78, 5) is 4.05. The predicted octanol–water partition coefficient (Wildman–Crippen LogP) is 0.932. The van der Waals surface area contributed by atoms with Crippen molar-refractivity contribution in [3.05, 3.63) is 36.0 Å². The van der Waals surface area contributed by atoms with Gasteiger partial charge in [0.15, 0.2) is 0 Å². The van der Waals surface area contributed by atoms with Gasteiger partial charge in [0.1, 0.15) is 11.5 Å². The van der Waals surface area contributed by atoms with Crippen LogP contribution in [0.5, 0.6) is 0 Å². The first kappa shape index (κ1) is 7.24. The highest BCUT2D eigenvalue weighted by Crippen LogP contribution is 2.07. The Bertz CT molecular complexity index is 408. The molecule has 0 saturated carbocycles. The Balaban J connectivity index is 2.75. The third-order valence-corrected chi connectivity index (χ3v) is 1.76. The van der Waals surface area contributed by atoms with Crippen molar-refractivity contribution in [1.82, 2.24) is 9.38 Å². The molecular weight excluding hydrogens is 157 g/mol. The maximum atomic E-state index is 12.7. The standard InChI is InChI=1S/C8H8FN3/c9-6-1-2-8-11-4-7(3-10)12(8)5-6/h1-2,4-5H,3,10H2. The fourth-order valence-corrected chi connectivity index (χ4v) is 1.16. The average molecular weight is 165 g/mol. The average Bonchev–Trinajstić information content (AvgIpc) is 2.46. The van der Waals surface area contributed by atoms with Crippen LogP contribution < -0.4 is 5.73 Å². The monoisotopic (exact) mass is 165 g/mol. The molecule has 0 fully saturated rings. The van der Waals surface area contributed by atoms with Gasteiger partial charge in [-0.15, -0.1) is 0 Å². The molecule has 0 aliphatic carbocycles. The molecule has 0 radical (unpaired) electrons.